The number of hydrogen-bond donors (Lipinski definition) is 6. The predicted molar refractivity (Wildman–Crippen MR) is 244 cm³/mol. The van der Waals surface area contributed by atoms with Gasteiger partial charge in [0.25, 0.3) is 0 Å². The number of phenols is 1. The Bertz CT molecular complexity index is 2330. The molecule has 2 saturated carbocycles. The number of aliphatic carboxylic acids is 1. The molecule has 2 aromatic heterocycles. The summed E-state index contributed by atoms with van der Waals surface area (Å²) < 4.78 is 59.8. The van der Waals surface area contributed by atoms with Crippen molar-refractivity contribution >= 4 is 61.0 Å². The Morgan fingerprint density at radius 1 is 0.969 bits per heavy atom. The number of alkyl halides is 2. The molecule has 1 aliphatic heterocycles. The standard InChI is InChI=1S/C45H63F2N7O9S2/c1-26(2)48-42-51-33(24-64-42)31-21-35(29-14-13-27(55)19-30(29)49-31)63-28-20-34(38(56)50-32(40(58)59)22-36(46)47)54(23-28)39(57)37(44(6)15-9-7-10-16-44)52-41(60)53-45(17-11-8-12-18-45)25-65(61,62)43(3,4)5/h13-14,19,21,24,26,28,32,34,36-37,55H,7-12,15-18,20,22-23,25H2,1-6H3,(H,48,51)(H,50,56)(H,58,59)(H2,52,53,60)/t28-,32+,34+,37-/m1/s1. The minimum Gasteiger partial charge on any atom is -0.508 e. The number of halogens is 2. The number of aromatic nitrogens is 2. The van der Waals surface area contributed by atoms with Gasteiger partial charge in [-0.25, -0.2) is 36.8 Å². The number of benzene rings is 1. The van der Waals surface area contributed by atoms with Crippen molar-refractivity contribution in [3.05, 3.63) is 29.6 Å². The van der Waals surface area contributed by atoms with Gasteiger partial charge in [-0.3, -0.25) is 9.59 Å². The van der Waals surface area contributed by atoms with Crippen LogP contribution in [0.3, 0.4) is 0 Å². The summed E-state index contributed by atoms with van der Waals surface area (Å²) in [6.45, 7) is 10.5. The van der Waals surface area contributed by atoms with E-state index in [4.69, 9.17) is 9.72 Å². The highest BCUT2D eigenvalue weighted by molar-refractivity contribution is 7.92. The van der Waals surface area contributed by atoms with Gasteiger partial charge in [0.2, 0.25) is 18.2 Å². The summed E-state index contributed by atoms with van der Waals surface area (Å²) in [5.74, 6) is -3.37. The van der Waals surface area contributed by atoms with Gasteiger partial charge in [-0.15, -0.1) is 11.3 Å². The maximum atomic E-state index is 15.3. The molecule has 20 heteroatoms. The minimum absolute atomic E-state index is 0.0521. The first-order valence-electron chi connectivity index (χ1n) is 22.4. The number of nitrogens with one attached hydrogen (secondary N) is 4. The third-order valence-corrected chi connectivity index (χ3v) is 16.5. The molecule has 3 fully saturated rings. The number of carbonyl (C=O) groups is 4. The average Bonchev–Trinajstić information content (AvgIpc) is 3.86. The van der Waals surface area contributed by atoms with Crippen molar-refractivity contribution < 1.29 is 51.3 Å². The van der Waals surface area contributed by atoms with E-state index >= 15 is 4.79 Å². The van der Waals surface area contributed by atoms with Crippen LogP contribution < -0.4 is 26.0 Å². The number of ether oxygens (including phenoxy) is 1. The molecule has 4 atom stereocenters. The number of amides is 4. The van der Waals surface area contributed by atoms with E-state index in [0.717, 1.165) is 25.7 Å². The van der Waals surface area contributed by atoms with Gasteiger partial charge in [0.05, 0.1) is 33.8 Å². The second kappa shape index (κ2) is 19.9. The smallest absolute Gasteiger partial charge is 0.326 e. The third-order valence-electron chi connectivity index (χ3n) is 12.9. The van der Waals surface area contributed by atoms with E-state index < -0.39 is 86.4 Å². The van der Waals surface area contributed by atoms with Crippen molar-refractivity contribution in [3.8, 4) is 22.9 Å². The van der Waals surface area contributed by atoms with Gasteiger partial charge < -0.3 is 41.1 Å². The number of rotatable bonds is 16. The zero-order chi connectivity index (χ0) is 47.5. The number of aromatic hydroxyl groups is 1. The van der Waals surface area contributed by atoms with Crippen LogP contribution in [0.5, 0.6) is 11.5 Å². The molecule has 1 aromatic carbocycles. The zero-order valence-electron chi connectivity index (χ0n) is 37.9. The number of carboxylic acids is 1. The Labute approximate surface area is 383 Å². The molecule has 358 valence electrons. The predicted octanol–water partition coefficient (Wildman–Crippen LogP) is 7.01. The molecule has 16 nitrogen and oxygen atoms in total. The number of thiazole rings is 1. The van der Waals surface area contributed by atoms with Crippen LogP contribution >= 0.6 is 11.3 Å². The number of carboxylic acid groups (broad SMARTS) is 1. The summed E-state index contributed by atoms with van der Waals surface area (Å²) in [4.78, 5) is 66.4. The summed E-state index contributed by atoms with van der Waals surface area (Å²) >= 11 is 1.38. The lowest BCUT2D eigenvalue weighted by Crippen LogP contribution is -2.64. The van der Waals surface area contributed by atoms with Crippen molar-refractivity contribution in [2.45, 2.75) is 166 Å². The molecule has 3 heterocycles. The SMILES string of the molecule is CC(C)Nc1nc(-c2cc(O[C@@H]3C[C@@H](C(=O)N[C@@H](CC(F)F)C(=O)O)N(C(=O)[C@@H](NC(=O)NC4(CS(=O)(=O)C(C)(C)C)CCCCC4)C4(C)CCCCC4)C3)c3ccc(O)cc3n2)cs1. The first-order chi connectivity index (χ1) is 30.5. The third kappa shape index (κ3) is 11.9. The number of urea groups is 1. The molecular formula is C45H63F2N7O9S2. The molecular weight excluding hydrogens is 885 g/mol. The second-order valence-corrected chi connectivity index (χ2v) is 23.1. The fraction of sp³-hybridized carbons (Fsp3) is 0.644. The van der Waals surface area contributed by atoms with E-state index in [1.165, 1.54) is 28.4 Å². The number of likely N-dealkylation sites (tertiary alicyclic amines) is 1. The Kier molecular flexibility index (Phi) is 15.2. The molecule has 1 saturated heterocycles. The highest BCUT2D eigenvalue weighted by Crippen LogP contribution is 2.42. The molecule has 3 aromatic rings. The number of carbonyl (C=O) groups excluding carboxylic acids is 3. The summed E-state index contributed by atoms with van der Waals surface area (Å²) in [5, 5.41) is 34.6. The van der Waals surface area contributed by atoms with Crippen molar-refractivity contribution in [1.82, 2.24) is 30.8 Å². The highest BCUT2D eigenvalue weighted by Gasteiger charge is 2.50. The van der Waals surface area contributed by atoms with Crippen LogP contribution in [0.4, 0.5) is 18.7 Å². The van der Waals surface area contributed by atoms with E-state index in [1.54, 1.807) is 32.9 Å². The molecule has 0 unspecified atom stereocenters. The zero-order valence-corrected chi connectivity index (χ0v) is 39.5. The molecule has 6 N–H and O–H groups in total. The molecule has 0 radical (unpaired) electrons. The van der Waals surface area contributed by atoms with Gasteiger partial charge in [-0.2, -0.15) is 0 Å². The largest absolute Gasteiger partial charge is 0.508 e. The van der Waals surface area contributed by atoms with Gasteiger partial charge in [-0.1, -0.05) is 45.4 Å². The summed E-state index contributed by atoms with van der Waals surface area (Å²) in [5.41, 5.74) is -0.611. The number of anilines is 1. The Morgan fingerprint density at radius 2 is 1.63 bits per heavy atom. The second-order valence-electron chi connectivity index (χ2n) is 19.5. The Morgan fingerprint density at radius 3 is 2.25 bits per heavy atom. The fourth-order valence-corrected chi connectivity index (χ4v) is 11.6. The molecule has 3 aliphatic rings. The van der Waals surface area contributed by atoms with E-state index in [2.05, 4.69) is 26.3 Å². The first-order valence-corrected chi connectivity index (χ1v) is 25.0. The van der Waals surface area contributed by atoms with Crippen LogP contribution in [0.1, 0.15) is 119 Å². The maximum Gasteiger partial charge on any atom is 0.326 e. The molecule has 2 aliphatic carbocycles. The van der Waals surface area contributed by atoms with Crippen molar-refractivity contribution in [3.63, 3.8) is 0 Å². The lowest BCUT2D eigenvalue weighted by Gasteiger charge is -2.44. The lowest BCUT2D eigenvalue weighted by molar-refractivity contribution is -0.146. The van der Waals surface area contributed by atoms with Crippen LogP contribution in [0, 0.1) is 5.41 Å². The average molecular weight is 948 g/mol. The number of hydrogen-bond acceptors (Lipinski definition) is 12. The van der Waals surface area contributed by atoms with Crippen LogP contribution in [0.15, 0.2) is 29.6 Å². The number of sulfone groups is 1. The van der Waals surface area contributed by atoms with Crippen LogP contribution in [0.25, 0.3) is 22.3 Å². The Hall–Kier alpha value is -4.85. The van der Waals surface area contributed by atoms with Crippen LogP contribution in [-0.2, 0) is 24.2 Å². The van der Waals surface area contributed by atoms with Crippen molar-refractivity contribution in [1.29, 1.82) is 0 Å². The van der Waals surface area contributed by atoms with Crippen molar-refractivity contribution in [2.75, 3.05) is 17.6 Å². The molecule has 65 heavy (non-hydrogen) atoms. The maximum absolute atomic E-state index is 15.3. The van der Waals surface area contributed by atoms with Gasteiger partial charge >= 0.3 is 12.0 Å². The number of phenolic OH excluding ortho intramolecular Hbond substituents is 1. The number of nitrogens with zero attached hydrogens (tertiary/aromatic N) is 3. The fourth-order valence-electron chi connectivity index (χ4n) is 9.21. The number of pyridine rings is 1. The lowest BCUT2D eigenvalue weighted by atomic mass is 9.70. The van der Waals surface area contributed by atoms with E-state index in [9.17, 15) is 41.8 Å². The van der Waals surface area contributed by atoms with Crippen LogP contribution in [0.2, 0.25) is 0 Å². The van der Waals surface area contributed by atoms with E-state index in [1.807, 2.05) is 26.2 Å². The summed E-state index contributed by atoms with van der Waals surface area (Å²) in [7, 11) is -3.69. The quantitative estimate of drug-likeness (QED) is 0.0852. The molecule has 6 rings (SSSR count). The van der Waals surface area contributed by atoms with Crippen molar-refractivity contribution in [2.24, 2.45) is 5.41 Å². The normalized spacial score (nSPS) is 20.9. The molecule has 0 bridgehead atoms. The first kappa shape index (κ1) is 49.6. The topological polar surface area (TPSA) is 229 Å². The molecule has 4 amide bonds. The minimum atomic E-state index is -3.69. The van der Waals surface area contributed by atoms with Gasteiger partial charge in [0.15, 0.2) is 15.0 Å². The Balaban J connectivity index is 1.35. The van der Waals surface area contributed by atoms with E-state index in [0.29, 0.717) is 65.9 Å². The molecule has 0 spiro atoms. The van der Waals surface area contributed by atoms with Gasteiger partial charge in [0.1, 0.15) is 41.4 Å². The van der Waals surface area contributed by atoms with Gasteiger partial charge in [-0.05, 0) is 77.8 Å². The van der Waals surface area contributed by atoms with E-state index in [-0.39, 0.29) is 36.3 Å². The summed E-state index contributed by atoms with van der Waals surface area (Å²) in [6, 6.07) is 0.977. The summed E-state index contributed by atoms with van der Waals surface area (Å²) in [6.07, 6.45) is 1.28. The van der Waals surface area contributed by atoms with Crippen LogP contribution in [-0.4, -0.2) is 117 Å². The number of fused-ring (bicyclic) bond motifs is 1. The highest BCUT2D eigenvalue weighted by atomic mass is 32.2. The van der Waals surface area contributed by atoms with Gasteiger partial charge in [0, 0.05) is 41.8 Å². The monoisotopic (exact) mass is 947 g/mol.